The Morgan fingerprint density at radius 1 is 1.06 bits per heavy atom. The lowest BCUT2D eigenvalue weighted by Gasteiger charge is -2.23. The average Bonchev–Trinajstić information content (AvgIpc) is 3.27. The zero-order valence-electron chi connectivity index (χ0n) is 19.1. The summed E-state index contributed by atoms with van der Waals surface area (Å²) in [6, 6.07) is 17.8. The molecule has 1 aliphatic rings. The number of carbonyl (C=O) groups is 2. The molecule has 0 aliphatic carbocycles. The van der Waals surface area contributed by atoms with Crippen molar-refractivity contribution < 1.29 is 14.3 Å². The van der Waals surface area contributed by atoms with Crippen molar-refractivity contribution in [1.82, 2.24) is 14.8 Å². The number of likely N-dealkylation sites (N-methyl/N-ethyl adjacent to an activating group) is 1. The first kappa shape index (κ1) is 22.8. The molecule has 4 rings (SSSR count). The first-order chi connectivity index (χ1) is 15.8. The zero-order valence-corrected chi connectivity index (χ0v) is 19.9. The van der Waals surface area contributed by atoms with E-state index in [2.05, 4.69) is 30.1 Å². The molecule has 0 saturated heterocycles. The molecule has 33 heavy (non-hydrogen) atoms. The van der Waals surface area contributed by atoms with Gasteiger partial charge < -0.3 is 9.64 Å². The number of nitrogens with zero attached hydrogens (tertiary/aromatic N) is 4. The highest BCUT2D eigenvalue weighted by atomic mass is 32.2. The Kier molecular flexibility index (Phi) is 6.37. The molecular formula is C25H26N4O3S. The van der Waals surface area contributed by atoms with E-state index >= 15 is 0 Å². The van der Waals surface area contributed by atoms with Gasteiger partial charge in [-0.1, -0.05) is 62.0 Å². The van der Waals surface area contributed by atoms with Gasteiger partial charge in [0, 0.05) is 35.6 Å². The van der Waals surface area contributed by atoms with E-state index in [1.54, 1.807) is 6.08 Å². The molecule has 2 aromatic carbocycles. The van der Waals surface area contributed by atoms with Gasteiger partial charge in [-0.15, -0.1) is 10.2 Å². The van der Waals surface area contributed by atoms with Crippen LogP contribution in [0.15, 0.2) is 71.5 Å². The Morgan fingerprint density at radius 2 is 1.76 bits per heavy atom. The first-order valence-corrected chi connectivity index (χ1v) is 11.6. The molecule has 8 heteroatoms. The molecule has 0 amide bonds. The van der Waals surface area contributed by atoms with E-state index in [-0.39, 0.29) is 23.6 Å². The number of anilines is 1. The van der Waals surface area contributed by atoms with Crippen LogP contribution < -0.4 is 4.90 Å². The standard InChI is InChI=1S/C25H26N4O3S/c1-17-26-27-24(29(17)18-10-6-5-7-11-18)33-16-23(31)32-15-19(30)14-22-25(2,3)20-12-8-9-13-21(20)28(22)4/h5-14H,15-16H2,1-4H3. The van der Waals surface area contributed by atoms with Crippen LogP contribution in [0.4, 0.5) is 5.69 Å². The number of rotatable bonds is 7. The van der Waals surface area contributed by atoms with Crippen molar-refractivity contribution in [1.29, 1.82) is 0 Å². The summed E-state index contributed by atoms with van der Waals surface area (Å²) in [6.07, 6.45) is 1.58. The lowest BCUT2D eigenvalue weighted by atomic mass is 9.83. The van der Waals surface area contributed by atoms with Crippen molar-refractivity contribution in [3.8, 4) is 5.69 Å². The second-order valence-electron chi connectivity index (χ2n) is 8.35. The summed E-state index contributed by atoms with van der Waals surface area (Å²) >= 11 is 1.23. The summed E-state index contributed by atoms with van der Waals surface area (Å²) in [5.74, 6) is 0.0305. The number of allylic oxidation sites excluding steroid dienone is 1. The Balaban J connectivity index is 1.36. The zero-order chi connectivity index (χ0) is 23.6. The molecule has 170 valence electrons. The van der Waals surface area contributed by atoms with Gasteiger partial charge in [-0.05, 0) is 30.7 Å². The first-order valence-electron chi connectivity index (χ1n) is 10.6. The predicted molar refractivity (Wildman–Crippen MR) is 129 cm³/mol. The number of para-hydroxylation sites is 2. The Morgan fingerprint density at radius 3 is 2.48 bits per heavy atom. The van der Waals surface area contributed by atoms with Crippen LogP contribution in [0.5, 0.6) is 0 Å². The van der Waals surface area contributed by atoms with Crippen molar-refractivity contribution in [2.45, 2.75) is 31.3 Å². The number of ether oxygens (including phenoxy) is 1. The summed E-state index contributed by atoms with van der Waals surface area (Å²) in [4.78, 5) is 26.9. The van der Waals surface area contributed by atoms with Crippen molar-refractivity contribution in [2.24, 2.45) is 0 Å². The van der Waals surface area contributed by atoms with Crippen LogP contribution in [-0.4, -0.2) is 45.9 Å². The highest BCUT2D eigenvalue weighted by Crippen LogP contribution is 2.46. The van der Waals surface area contributed by atoms with Crippen molar-refractivity contribution in [3.05, 3.63) is 77.8 Å². The molecule has 1 aromatic heterocycles. The van der Waals surface area contributed by atoms with Crippen molar-refractivity contribution >= 4 is 29.2 Å². The largest absolute Gasteiger partial charge is 0.457 e. The van der Waals surface area contributed by atoms with Gasteiger partial charge in [0.15, 0.2) is 17.5 Å². The molecular weight excluding hydrogens is 436 g/mol. The minimum absolute atomic E-state index is 0.0334. The van der Waals surface area contributed by atoms with Gasteiger partial charge in [0.05, 0.1) is 5.75 Å². The topological polar surface area (TPSA) is 77.3 Å². The van der Waals surface area contributed by atoms with Gasteiger partial charge in [-0.2, -0.15) is 0 Å². The highest BCUT2D eigenvalue weighted by molar-refractivity contribution is 7.99. The molecule has 0 N–H and O–H groups in total. The van der Waals surface area contributed by atoms with Gasteiger partial charge >= 0.3 is 5.97 Å². The second-order valence-corrected chi connectivity index (χ2v) is 9.29. The van der Waals surface area contributed by atoms with Crippen LogP contribution in [0.25, 0.3) is 5.69 Å². The van der Waals surface area contributed by atoms with Crippen LogP contribution in [-0.2, 0) is 19.7 Å². The summed E-state index contributed by atoms with van der Waals surface area (Å²) < 4.78 is 7.12. The molecule has 0 fully saturated rings. The van der Waals surface area contributed by atoms with E-state index in [1.165, 1.54) is 11.8 Å². The van der Waals surface area contributed by atoms with Crippen LogP contribution >= 0.6 is 11.8 Å². The summed E-state index contributed by atoms with van der Waals surface area (Å²) in [5, 5.41) is 8.87. The molecule has 0 unspecified atom stereocenters. The maximum atomic E-state index is 12.6. The number of carbonyl (C=O) groups excluding carboxylic acids is 2. The smallest absolute Gasteiger partial charge is 0.316 e. The lowest BCUT2D eigenvalue weighted by Crippen LogP contribution is -2.25. The molecule has 0 atom stereocenters. The minimum atomic E-state index is -0.477. The summed E-state index contributed by atoms with van der Waals surface area (Å²) in [7, 11) is 1.94. The molecule has 1 aliphatic heterocycles. The molecule has 0 bridgehead atoms. The molecule has 0 spiro atoms. The fourth-order valence-electron chi connectivity index (χ4n) is 4.08. The number of fused-ring (bicyclic) bond motifs is 1. The number of aryl methyl sites for hydroxylation is 1. The average molecular weight is 463 g/mol. The van der Waals surface area contributed by atoms with E-state index < -0.39 is 5.97 Å². The maximum absolute atomic E-state index is 12.6. The quantitative estimate of drug-likeness (QED) is 0.297. The van der Waals surface area contributed by atoms with Crippen LogP contribution in [0.1, 0.15) is 25.2 Å². The molecule has 3 aromatic rings. The van der Waals surface area contributed by atoms with E-state index in [4.69, 9.17) is 4.74 Å². The van der Waals surface area contributed by atoms with E-state index in [9.17, 15) is 9.59 Å². The molecule has 0 radical (unpaired) electrons. The second kappa shape index (κ2) is 9.23. The van der Waals surface area contributed by atoms with Crippen molar-refractivity contribution in [2.75, 3.05) is 24.3 Å². The van der Waals surface area contributed by atoms with Crippen LogP contribution in [0.3, 0.4) is 0 Å². The maximum Gasteiger partial charge on any atom is 0.316 e. The molecule has 2 heterocycles. The van der Waals surface area contributed by atoms with Gasteiger partial charge in [0.25, 0.3) is 0 Å². The Hall–Kier alpha value is -3.39. The van der Waals surface area contributed by atoms with Gasteiger partial charge in [-0.25, -0.2) is 0 Å². The Labute approximate surface area is 197 Å². The lowest BCUT2D eigenvalue weighted by molar-refractivity contribution is -0.144. The van der Waals surface area contributed by atoms with Gasteiger partial charge in [0.2, 0.25) is 0 Å². The predicted octanol–water partition coefficient (Wildman–Crippen LogP) is 4.09. The van der Waals surface area contributed by atoms with E-state index in [1.807, 2.05) is 72.0 Å². The summed E-state index contributed by atoms with van der Waals surface area (Å²) in [6.45, 7) is 5.73. The number of hydrogen-bond donors (Lipinski definition) is 0. The molecule has 7 nitrogen and oxygen atoms in total. The fourth-order valence-corrected chi connectivity index (χ4v) is 4.88. The number of hydrogen-bond acceptors (Lipinski definition) is 7. The van der Waals surface area contributed by atoms with Crippen molar-refractivity contribution in [3.63, 3.8) is 0 Å². The number of benzene rings is 2. The number of aromatic nitrogens is 3. The third kappa shape index (κ3) is 4.57. The number of esters is 1. The van der Waals surface area contributed by atoms with E-state index in [0.717, 1.165) is 28.5 Å². The molecule has 0 saturated carbocycles. The monoisotopic (exact) mass is 462 g/mol. The highest BCUT2D eigenvalue weighted by Gasteiger charge is 2.38. The normalized spacial score (nSPS) is 15.5. The summed E-state index contributed by atoms with van der Waals surface area (Å²) in [5.41, 5.74) is 3.73. The number of ketones is 1. The SMILES string of the molecule is Cc1nnc(SCC(=O)OCC(=O)C=C2N(C)c3ccccc3C2(C)C)n1-c1ccccc1. The third-order valence-electron chi connectivity index (χ3n) is 5.74. The van der Waals surface area contributed by atoms with E-state index in [0.29, 0.717) is 5.16 Å². The van der Waals surface area contributed by atoms with Crippen LogP contribution in [0, 0.1) is 6.92 Å². The van der Waals surface area contributed by atoms with Gasteiger partial charge in [-0.3, -0.25) is 14.2 Å². The van der Waals surface area contributed by atoms with Gasteiger partial charge in [0.1, 0.15) is 5.82 Å². The minimum Gasteiger partial charge on any atom is -0.457 e. The van der Waals surface area contributed by atoms with Crippen LogP contribution in [0.2, 0.25) is 0 Å². The fraction of sp³-hybridized carbons (Fsp3) is 0.280. The third-order valence-corrected chi connectivity index (χ3v) is 6.64. The number of thioether (sulfide) groups is 1. The Bertz CT molecular complexity index is 1220.